The molecule has 0 unspecified atom stereocenters. The van der Waals surface area contributed by atoms with Gasteiger partial charge in [-0.25, -0.2) is 14.1 Å². The van der Waals surface area contributed by atoms with Crippen molar-refractivity contribution in [2.45, 2.75) is 79.5 Å². The van der Waals surface area contributed by atoms with E-state index < -0.39 is 68.3 Å². The van der Waals surface area contributed by atoms with Gasteiger partial charge in [0.25, 0.3) is 11.8 Å². The number of anilines is 1. The molecule has 1 aliphatic heterocycles. The monoisotopic (exact) mass is 619 g/mol. The van der Waals surface area contributed by atoms with Gasteiger partial charge in [-0.1, -0.05) is 19.0 Å². The largest absolute Gasteiger partial charge is 0.478 e. The van der Waals surface area contributed by atoms with E-state index in [0.717, 1.165) is 11.3 Å². The number of carbonyl (C=O) groups excluding carboxylic acids is 3. The molecule has 2 amide bonds. The Hall–Kier alpha value is -3.31. The number of oxime groups is 1. The number of aromatic nitrogens is 1. The van der Waals surface area contributed by atoms with Gasteiger partial charge in [-0.15, -0.1) is 11.3 Å². The Morgan fingerprint density at radius 1 is 1.20 bits per heavy atom. The molecule has 230 valence electrons. The molecule has 0 saturated carbocycles. The van der Waals surface area contributed by atoms with Crippen LogP contribution < -0.4 is 11.1 Å². The summed E-state index contributed by atoms with van der Waals surface area (Å²) in [5, 5.41) is 16.8. The lowest BCUT2D eigenvalue weighted by molar-refractivity contribution is -0.161. The van der Waals surface area contributed by atoms with Gasteiger partial charge in [0.1, 0.15) is 11.7 Å². The lowest BCUT2D eigenvalue weighted by Crippen LogP contribution is -2.71. The first-order chi connectivity index (χ1) is 18.6. The number of ether oxygens (including phenoxy) is 1. The Kier molecular flexibility index (Phi) is 10.2. The number of nitrogens with zero attached hydrogens (tertiary/aromatic N) is 3. The zero-order valence-electron chi connectivity index (χ0n) is 24.2. The molecule has 15 nitrogen and oxygen atoms in total. The van der Waals surface area contributed by atoms with Crippen LogP contribution in [-0.2, 0) is 43.2 Å². The quantitative estimate of drug-likeness (QED) is 0.123. The fourth-order valence-corrected chi connectivity index (χ4v) is 5.09. The van der Waals surface area contributed by atoms with Crippen LogP contribution in [0.1, 0.15) is 67.5 Å². The van der Waals surface area contributed by atoms with E-state index in [2.05, 4.69) is 15.5 Å². The summed E-state index contributed by atoms with van der Waals surface area (Å²) in [5.41, 5.74) is 1.95. The van der Waals surface area contributed by atoms with Crippen molar-refractivity contribution in [3.63, 3.8) is 0 Å². The van der Waals surface area contributed by atoms with E-state index in [-0.39, 0.29) is 24.0 Å². The topological polar surface area (TPSA) is 217 Å². The van der Waals surface area contributed by atoms with E-state index in [9.17, 15) is 32.7 Å². The zero-order chi connectivity index (χ0) is 31.6. The number of thiazole rings is 1. The predicted molar refractivity (Wildman–Crippen MR) is 148 cm³/mol. The van der Waals surface area contributed by atoms with Gasteiger partial charge in [-0.3, -0.25) is 18.6 Å². The van der Waals surface area contributed by atoms with Crippen molar-refractivity contribution in [1.29, 1.82) is 0 Å². The van der Waals surface area contributed by atoms with Gasteiger partial charge < -0.3 is 25.7 Å². The second kappa shape index (κ2) is 12.3. The maximum Gasteiger partial charge on any atom is 0.365 e. The number of hydrogen-bond donors (Lipinski definition) is 3. The van der Waals surface area contributed by atoms with E-state index >= 15 is 0 Å². The number of carboxylic acids is 1. The molecule has 0 spiro atoms. The molecular weight excluding hydrogens is 582 g/mol. The molecule has 0 radical (unpaired) electrons. The number of nitrogen functional groups attached to an aromatic ring is 1. The number of carboxylic acid groups (broad SMARTS) is 1. The summed E-state index contributed by atoms with van der Waals surface area (Å²) < 4.78 is 36.5. The lowest BCUT2D eigenvalue weighted by Gasteiger charge is -2.43. The van der Waals surface area contributed by atoms with Crippen LogP contribution in [0.15, 0.2) is 10.5 Å². The Balaban J connectivity index is 2.06. The molecule has 2 rings (SSSR count). The third kappa shape index (κ3) is 8.59. The van der Waals surface area contributed by atoms with Crippen molar-refractivity contribution < 1.29 is 46.5 Å². The molecule has 0 aromatic carbocycles. The molecule has 1 saturated heterocycles. The van der Waals surface area contributed by atoms with Gasteiger partial charge in [-0.05, 0) is 53.4 Å². The first-order valence-electron chi connectivity index (χ1n) is 12.5. The summed E-state index contributed by atoms with van der Waals surface area (Å²) >= 11 is 0.986. The second-order valence-electron chi connectivity index (χ2n) is 11.8. The molecule has 1 aromatic rings. The van der Waals surface area contributed by atoms with Crippen LogP contribution in [0.3, 0.4) is 0 Å². The van der Waals surface area contributed by atoms with Crippen LogP contribution >= 0.6 is 11.3 Å². The fraction of sp³-hybridized carbons (Fsp3) is 0.667. The van der Waals surface area contributed by atoms with Crippen molar-refractivity contribution in [1.82, 2.24) is 14.6 Å². The molecule has 1 aromatic heterocycles. The Morgan fingerprint density at radius 3 is 2.29 bits per heavy atom. The number of rotatable bonds is 13. The van der Waals surface area contributed by atoms with Gasteiger partial charge >= 0.3 is 22.2 Å². The van der Waals surface area contributed by atoms with E-state index in [1.807, 2.05) is 0 Å². The molecule has 41 heavy (non-hydrogen) atoms. The van der Waals surface area contributed by atoms with E-state index in [1.54, 1.807) is 34.6 Å². The molecule has 2 atom stereocenters. The Bertz CT molecular complexity index is 1310. The van der Waals surface area contributed by atoms with Crippen LogP contribution in [0.5, 0.6) is 0 Å². The van der Waals surface area contributed by atoms with E-state index in [0.29, 0.717) is 10.7 Å². The highest BCUT2D eigenvalue weighted by atomic mass is 32.2. The molecule has 1 aliphatic rings. The van der Waals surface area contributed by atoms with Crippen molar-refractivity contribution in [3.05, 3.63) is 11.1 Å². The van der Waals surface area contributed by atoms with Gasteiger partial charge in [0.05, 0.1) is 24.7 Å². The number of nitrogens with one attached hydrogen (secondary N) is 1. The predicted octanol–water partition coefficient (Wildman–Crippen LogP) is 1.29. The highest BCUT2D eigenvalue weighted by molar-refractivity contribution is 7.85. The fourth-order valence-electron chi connectivity index (χ4n) is 3.10. The summed E-state index contributed by atoms with van der Waals surface area (Å²) in [6, 6.07) is -2.29. The van der Waals surface area contributed by atoms with Crippen molar-refractivity contribution >= 4 is 56.2 Å². The minimum Gasteiger partial charge on any atom is -0.478 e. The number of esters is 1. The number of carbonyl (C=O) groups is 4. The number of aliphatic carboxylic acids is 1. The highest BCUT2D eigenvalue weighted by Gasteiger charge is 2.53. The Labute approximate surface area is 242 Å². The maximum atomic E-state index is 13.0. The molecule has 0 aliphatic carbocycles. The third-order valence-corrected chi connectivity index (χ3v) is 8.03. The van der Waals surface area contributed by atoms with Crippen LogP contribution in [0, 0.1) is 10.8 Å². The summed E-state index contributed by atoms with van der Waals surface area (Å²) in [4.78, 5) is 58.1. The maximum absolute atomic E-state index is 13.0. The van der Waals surface area contributed by atoms with Crippen LogP contribution in [0.2, 0.25) is 0 Å². The van der Waals surface area contributed by atoms with Gasteiger partial charge in [0.2, 0.25) is 5.60 Å². The highest BCUT2D eigenvalue weighted by Crippen LogP contribution is 2.28. The summed E-state index contributed by atoms with van der Waals surface area (Å²) in [7, 11) is -4.52. The standard InChI is InChI=1S/C24H37N5O10S2/c1-13-15(27-17(30)16(14-11-40-21(25)26-14)28-39-24(7,8)19(32)33)18(31)29(13)41(35,36)38-12-23(5,6)9-10-37-20(34)22(2,3)4/h11,13,15H,9-10,12H2,1-8H3,(H2,25,26)(H,27,30)(H,32,33)/b28-16-/t13-,15-/m0/s1. The molecule has 17 heteroatoms. The molecule has 1 fully saturated rings. The average Bonchev–Trinajstić information content (AvgIpc) is 3.26. The first-order valence-corrected chi connectivity index (χ1v) is 14.8. The normalized spacial score (nSPS) is 18.5. The minimum absolute atomic E-state index is 0.0335. The summed E-state index contributed by atoms with van der Waals surface area (Å²) in [5.74, 6) is -3.66. The second-order valence-corrected chi connectivity index (χ2v) is 14.1. The minimum atomic E-state index is -4.52. The zero-order valence-corrected chi connectivity index (χ0v) is 25.8. The summed E-state index contributed by atoms with van der Waals surface area (Å²) in [6.07, 6.45) is 0.302. The molecular formula is C24H37N5O10S2. The first kappa shape index (κ1) is 33.9. The van der Waals surface area contributed by atoms with E-state index in [1.165, 1.54) is 26.2 Å². The third-order valence-electron chi connectivity index (χ3n) is 5.95. The number of hydrogen-bond acceptors (Lipinski definition) is 13. The average molecular weight is 620 g/mol. The number of nitrogens with two attached hydrogens (primary N) is 1. The van der Waals surface area contributed by atoms with Crippen molar-refractivity contribution in [2.75, 3.05) is 18.9 Å². The smallest absolute Gasteiger partial charge is 0.365 e. The lowest BCUT2D eigenvalue weighted by atomic mass is 9.91. The van der Waals surface area contributed by atoms with Gasteiger partial charge in [-0.2, -0.15) is 8.42 Å². The van der Waals surface area contributed by atoms with Gasteiger partial charge in [0.15, 0.2) is 10.8 Å². The van der Waals surface area contributed by atoms with Crippen LogP contribution in [0.4, 0.5) is 5.13 Å². The number of amides is 2. The van der Waals surface area contributed by atoms with Gasteiger partial charge in [0, 0.05) is 5.38 Å². The molecule has 4 N–H and O–H groups in total. The molecule has 0 bridgehead atoms. The number of β-lactam (4-membered cyclic amide) rings is 1. The van der Waals surface area contributed by atoms with Crippen molar-refractivity contribution in [3.8, 4) is 0 Å². The SMILES string of the molecule is C[C@H]1[C@H](NC(=O)/C(=N\OC(C)(C)C(=O)O)c2csc(N)n2)C(=O)N1S(=O)(=O)OCC(C)(C)CCOC(=O)C(C)(C)C. The van der Waals surface area contributed by atoms with Crippen LogP contribution in [-0.4, -0.2) is 83.2 Å². The molecule has 2 heterocycles. The Morgan fingerprint density at radius 2 is 1.80 bits per heavy atom. The van der Waals surface area contributed by atoms with Crippen LogP contribution in [0.25, 0.3) is 0 Å². The van der Waals surface area contributed by atoms with E-state index in [4.69, 9.17) is 19.5 Å². The summed E-state index contributed by atoms with van der Waals surface area (Å²) in [6.45, 7) is 12.2. The van der Waals surface area contributed by atoms with Crippen molar-refractivity contribution in [2.24, 2.45) is 16.0 Å².